The molecule has 0 saturated carbocycles. The van der Waals surface area contributed by atoms with E-state index in [-0.39, 0.29) is 5.91 Å². The number of methoxy groups -OCH3 is 1. The molecular formula is C27H26N2O3S. The molecule has 3 aromatic rings. The molecule has 33 heavy (non-hydrogen) atoms. The van der Waals surface area contributed by atoms with E-state index in [0.717, 1.165) is 22.4 Å². The van der Waals surface area contributed by atoms with E-state index in [9.17, 15) is 4.79 Å². The summed E-state index contributed by atoms with van der Waals surface area (Å²) in [5.74, 6) is 1.18. The summed E-state index contributed by atoms with van der Waals surface area (Å²) in [5, 5.41) is 0.653. The Morgan fingerprint density at radius 1 is 1.00 bits per heavy atom. The summed E-state index contributed by atoms with van der Waals surface area (Å²) in [6, 6.07) is 23.6. The van der Waals surface area contributed by atoms with E-state index in [4.69, 9.17) is 14.5 Å². The largest absolute Gasteiger partial charge is 0.493 e. The van der Waals surface area contributed by atoms with Gasteiger partial charge in [0.25, 0.3) is 5.91 Å². The third-order valence-electron chi connectivity index (χ3n) is 5.13. The molecule has 4 rings (SSSR count). The molecule has 1 saturated heterocycles. The van der Waals surface area contributed by atoms with Crippen molar-refractivity contribution in [3.8, 4) is 11.5 Å². The van der Waals surface area contributed by atoms with Gasteiger partial charge >= 0.3 is 0 Å². The summed E-state index contributed by atoms with van der Waals surface area (Å²) in [7, 11) is 1.61. The molecule has 0 N–H and O–H groups in total. The number of para-hydroxylation sites is 1. The van der Waals surface area contributed by atoms with Crippen molar-refractivity contribution in [1.29, 1.82) is 0 Å². The minimum Gasteiger partial charge on any atom is -0.493 e. The summed E-state index contributed by atoms with van der Waals surface area (Å²) in [5.41, 5.74) is 3.81. The van der Waals surface area contributed by atoms with E-state index in [1.54, 1.807) is 12.0 Å². The number of ether oxygens (including phenoxy) is 2. The maximum absolute atomic E-state index is 13.5. The zero-order chi connectivity index (χ0) is 23.2. The molecule has 1 aliphatic heterocycles. The van der Waals surface area contributed by atoms with Crippen LogP contribution in [-0.4, -0.2) is 29.7 Å². The first-order chi connectivity index (χ1) is 16.1. The quantitative estimate of drug-likeness (QED) is 0.395. The van der Waals surface area contributed by atoms with Gasteiger partial charge in [0.2, 0.25) is 0 Å². The number of aliphatic imine (C=N–C) groups is 1. The fourth-order valence-electron chi connectivity index (χ4n) is 3.47. The first-order valence-corrected chi connectivity index (χ1v) is 11.6. The summed E-state index contributed by atoms with van der Waals surface area (Å²) >= 11 is 1.37. The van der Waals surface area contributed by atoms with Crippen LogP contribution in [0.5, 0.6) is 11.5 Å². The molecule has 1 amide bonds. The molecule has 3 aromatic carbocycles. The normalized spacial score (nSPS) is 16.0. The number of benzene rings is 3. The van der Waals surface area contributed by atoms with Crippen LogP contribution in [0.15, 0.2) is 82.7 Å². The number of amidine groups is 1. The molecule has 0 spiro atoms. The fraction of sp³-hybridized carbons (Fsp3) is 0.185. The molecule has 0 aliphatic carbocycles. The summed E-state index contributed by atoms with van der Waals surface area (Å²) in [6.45, 7) is 4.91. The first kappa shape index (κ1) is 22.7. The molecule has 0 atom stereocenters. The molecule has 1 heterocycles. The Hall–Kier alpha value is -3.51. The Morgan fingerprint density at radius 2 is 1.76 bits per heavy atom. The van der Waals surface area contributed by atoms with Crippen molar-refractivity contribution in [3.63, 3.8) is 0 Å². The van der Waals surface area contributed by atoms with E-state index in [2.05, 4.69) is 0 Å². The van der Waals surface area contributed by atoms with Gasteiger partial charge in [-0.15, -0.1) is 0 Å². The van der Waals surface area contributed by atoms with Gasteiger partial charge in [-0.3, -0.25) is 9.69 Å². The molecule has 1 fully saturated rings. The SMILES string of the molecule is CCOc1c(/C=C2/SC(=Nc3ccc(C)cc3)N(Cc3ccccc3)C2=O)cccc1OC. The molecule has 0 unspecified atom stereocenters. The average molecular weight is 459 g/mol. The van der Waals surface area contributed by atoms with Gasteiger partial charge in [0.05, 0.1) is 30.9 Å². The monoisotopic (exact) mass is 458 g/mol. The van der Waals surface area contributed by atoms with Gasteiger partial charge in [0.1, 0.15) is 0 Å². The van der Waals surface area contributed by atoms with Crippen LogP contribution in [0, 0.1) is 6.92 Å². The number of amides is 1. The van der Waals surface area contributed by atoms with Crippen LogP contribution in [0.3, 0.4) is 0 Å². The smallest absolute Gasteiger partial charge is 0.267 e. The lowest BCUT2D eigenvalue weighted by Crippen LogP contribution is -2.28. The van der Waals surface area contributed by atoms with Crippen LogP contribution in [0.1, 0.15) is 23.6 Å². The number of nitrogens with zero attached hydrogens (tertiary/aromatic N) is 2. The topological polar surface area (TPSA) is 51.1 Å². The second kappa shape index (κ2) is 10.4. The summed E-state index contributed by atoms with van der Waals surface area (Å²) in [4.78, 5) is 20.6. The van der Waals surface area contributed by atoms with Crippen LogP contribution >= 0.6 is 11.8 Å². The molecule has 5 nitrogen and oxygen atoms in total. The Bertz CT molecular complexity index is 1190. The van der Waals surface area contributed by atoms with Crippen molar-refractivity contribution in [2.45, 2.75) is 20.4 Å². The molecular weight excluding hydrogens is 432 g/mol. The van der Waals surface area contributed by atoms with Gasteiger partial charge in [-0.25, -0.2) is 4.99 Å². The second-order valence-corrected chi connectivity index (χ2v) is 8.54. The highest BCUT2D eigenvalue weighted by Crippen LogP contribution is 2.38. The lowest BCUT2D eigenvalue weighted by molar-refractivity contribution is -0.122. The lowest BCUT2D eigenvalue weighted by Gasteiger charge is -2.15. The number of hydrogen-bond acceptors (Lipinski definition) is 5. The highest BCUT2D eigenvalue weighted by Gasteiger charge is 2.33. The molecule has 0 radical (unpaired) electrons. The zero-order valence-electron chi connectivity index (χ0n) is 18.9. The van der Waals surface area contributed by atoms with Crippen molar-refractivity contribution in [2.24, 2.45) is 4.99 Å². The molecule has 0 aromatic heterocycles. The predicted molar refractivity (Wildman–Crippen MR) is 135 cm³/mol. The van der Waals surface area contributed by atoms with Crippen LogP contribution in [0.2, 0.25) is 0 Å². The maximum Gasteiger partial charge on any atom is 0.267 e. The number of aryl methyl sites for hydroxylation is 1. The van der Waals surface area contributed by atoms with Crippen molar-refractivity contribution in [3.05, 3.63) is 94.4 Å². The van der Waals surface area contributed by atoms with Gasteiger partial charge < -0.3 is 9.47 Å². The number of thioether (sulfide) groups is 1. The fourth-order valence-corrected chi connectivity index (χ4v) is 4.46. The third-order valence-corrected chi connectivity index (χ3v) is 6.14. The number of hydrogen-bond donors (Lipinski definition) is 0. The van der Waals surface area contributed by atoms with Crippen molar-refractivity contribution >= 4 is 34.6 Å². The van der Waals surface area contributed by atoms with Crippen molar-refractivity contribution in [2.75, 3.05) is 13.7 Å². The van der Waals surface area contributed by atoms with Gasteiger partial charge in [0, 0.05) is 5.56 Å². The first-order valence-electron chi connectivity index (χ1n) is 10.8. The Morgan fingerprint density at radius 3 is 2.45 bits per heavy atom. The minimum absolute atomic E-state index is 0.0833. The second-order valence-electron chi connectivity index (χ2n) is 7.53. The standard InChI is InChI=1S/C27H26N2O3S/c1-4-32-25-21(11-8-12-23(25)31-3)17-24-26(30)29(18-20-9-6-5-7-10-20)27(33-24)28-22-15-13-19(2)14-16-22/h5-17H,4,18H2,1-3H3/b24-17+,28-27?. The summed E-state index contributed by atoms with van der Waals surface area (Å²) in [6.07, 6.45) is 1.86. The minimum atomic E-state index is -0.0833. The Kier molecular flexibility index (Phi) is 7.15. The summed E-state index contributed by atoms with van der Waals surface area (Å²) < 4.78 is 11.3. The number of carbonyl (C=O) groups excluding carboxylic acids is 1. The van der Waals surface area contributed by atoms with Gasteiger partial charge in [-0.05, 0) is 55.4 Å². The average Bonchev–Trinajstić information content (AvgIpc) is 3.11. The van der Waals surface area contributed by atoms with E-state index >= 15 is 0 Å². The third kappa shape index (κ3) is 5.29. The van der Waals surface area contributed by atoms with Gasteiger partial charge in [-0.2, -0.15) is 0 Å². The van der Waals surface area contributed by atoms with Crippen LogP contribution in [0.4, 0.5) is 5.69 Å². The van der Waals surface area contributed by atoms with E-state index in [0.29, 0.717) is 34.7 Å². The van der Waals surface area contributed by atoms with Crippen molar-refractivity contribution in [1.82, 2.24) is 4.90 Å². The Labute approximate surface area is 198 Å². The van der Waals surface area contributed by atoms with Crippen LogP contribution < -0.4 is 9.47 Å². The highest BCUT2D eigenvalue weighted by atomic mass is 32.2. The van der Waals surface area contributed by atoms with Gasteiger partial charge in [-0.1, -0.05) is 60.2 Å². The number of rotatable bonds is 7. The predicted octanol–water partition coefficient (Wildman–Crippen LogP) is 6.21. The highest BCUT2D eigenvalue weighted by molar-refractivity contribution is 8.18. The zero-order valence-corrected chi connectivity index (χ0v) is 19.8. The van der Waals surface area contributed by atoms with E-state index in [1.807, 2.05) is 92.7 Å². The molecule has 168 valence electrons. The van der Waals surface area contributed by atoms with Crippen LogP contribution in [-0.2, 0) is 11.3 Å². The Balaban J connectivity index is 1.73. The van der Waals surface area contributed by atoms with E-state index < -0.39 is 0 Å². The van der Waals surface area contributed by atoms with Crippen LogP contribution in [0.25, 0.3) is 6.08 Å². The maximum atomic E-state index is 13.5. The molecule has 6 heteroatoms. The molecule has 1 aliphatic rings. The van der Waals surface area contributed by atoms with E-state index in [1.165, 1.54) is 11.8 Å². The number of carbonyl (C=O) groups is 1. The van der Waals surface area contributed by atoms with Crippen molar-refractivity contribution < 1.29 is 14.3 Å². The molecule has 0 bridgehead atoms. The van der Waals surface area contributed by atoms with Gasteiger partial charge in [0.15, 0.2) is 16.7 Å². The lowest BCUT2D eigenvalue weighted by atomic mass is 10.1.